The molecule has 0 unspecified atom stereocenters. The molecule has 2 aromatic carbocycles. The van der Waals surface area contributed by atoms with Gasteiger partial charge in [-0.2, -0.15) is 0 Å². The van der Waals surface area contributed by atoms with Gasteiger partial charge in [0.05, 0.1) is 12.3 Å². The quantitative estimate of drug-likeness (QED) is 0.537. The van der Waals surface area contributed by atoms with Crippen LogP contribution in [0, 0.1) is 0 Å². The van der Waals surface area contributed by atoms with E-state index in [9.17, 15) is 4.79 Å². The number of nitrogens with zero attached hydrogens (tertiary/aromatic N) is 1. The molecule has 0 bridgehead atoms. The maximum Gasteiger partial charge on any atom is 0.350 e. The summed E-state index contributed by atoms with van der Waals surface area (Å²) in [5.41, 5.74) is 3.39. The van der Waals surface area contributed by atoms with E-state index >= 15 is 0 Å². The second kappa shape index (κ2) is 6.64. The van der Waals surface area contributed by atoms with Crippen molar-refractivity contribution in [2.75, 3.05) is 11.9 Å². The Morgan fingerprint density at radius 2 is 1.85 bits per heavy atom. The van der Waals surface area contributed by atoms with E-state index in [1.165, 1.54) is 40.5 Å². The Morgan fingerprint density at radius 1 is 1.11 bits per heavy atom. The minimum absolute atomic E-state index is 0.251. The van der Waals surface area contributed by atoms with Crippen LogP contribution >= 0.6 is 11.3 Å². The van der Waals surface area contributed by atoms with E-state index in [0.717, 1.165) is 29.4 Å². The summed E-state index contributed by atoms with van der Waals surface area (Å²) in [7, 11) is 0. The summed E-state index contributed by atoms with van der Waals surface area (Å²) in [6.45, 7) is 2.22. The van der Waals surface area contributed by atoms with Crippen molar-refractivity contribution in [1.29, 1.82) is 0 Å². The van der Waals surface area contributed by atoms with Gasteiger partial charge in [0, 0.05) is 17.0 Å². The molecule has 1 N–H and O–H groups in total. The molecule has 2 aliphatic rings. The van der Waals surface area contributed by atoms with Crippen molar-refractivity contribution in [3.8, 4) is 0 Å². The third-order valence-electron chi connectivity index (χ3n) is 5.29. The SMILES string of the molecule is CCOC(=O)c1sc(Nc2ccc(C3CC3)c3ccccc23)nc1C1CC1. The number of rotatable bonds is 6. The second-order valence-corrected chi connectivity index (χ2v) is 8.37. The highest BCUT2D eigenvalue weighted by molar-refractivity contribution is 7.17. The summed E-state index contributed by atoms with van der Waals surface area (Å²) in [6, 6.07) is 12.9. The summed E-state index contributed by atoms with van der Waals surface area (Å²) in [5, 5.41) is 6.77. The lowest BCUT2D eigenvalue weighted by molar-refractivity contribution is 0.0530. The molecule has 27 heavy (non-hydrogen) atoms. The number of carbonyl (C=O) groups excluding carboxylic acids is 1. The third-order valence-corrected chi connectivity index (χ3v) is 6.26. The Kier molecular flexibility index (Phi) is 4.12. The second-order valence-electron chi connectivity index (χ2n) is 7.38. The molecule has 0 aliphatic heterocycles. The third kappa shape index (κ3) is 3.21. The smallest absolute Gasteiger partial charge is 0.350 e. The van der Waals surface area contributed by atoms with Crippen molar-refractivity contribution < 1.29 is 9.53 Å². The Hall–Kier alpha value is -2.40. The average molecular weight is 378 g/mol. The Bertz CT molecular complexity index is 1020. The number of hydrogen-bond acceptors (Lipinski definition) is 5. The molecule has 5 rings (SSSR count). The molecule has 2 fully saturated rings. The fourth-order valence-electron chi connectivity index (χ4n) is 3.66. The van der Waals surface area contributed by atoms with Crippen molar-refractivity contribution in [1.82, 2.24) is 4.98 Å². The lowest BCUT2D eigenvalue weighted by Crippen LogP contribution is -2.05. The lowest BCUT2D eigenvalue weighted by Gasteiger charge is -2.11. The monoisotopic (exact) mass is 378 g/mol. The number of benzene rings is 2. The van der Waals surface area contributed by atoms with E-state index < -0.39 is 0 Å². The fraction of sp³-hybridized carbons (Fsp3) is 0.364. The molecule has 0 amide bonds. The predicted molar refractivity (Wildman–Crippen MR) is 109 cm³/mol. The van der Waals surface area contributed by atoms with Crippen molar-refractivity contribution in [3.63, 3.8) is 0 Å². The average Bonchev–Trinajstić information content (AvgIpc) is 3.60. The molecule has 2 saturated carbocycles. The number of carbonyl (C=O) groups is 1. The lowest BCUT2D eigenvalue weighted by atomic mass is 10.00. The summed E-state index contributed by atoms with van der Waals surface area (Å²) < 4.78 is 5.23. The zero-order valence-electron chi connectivity index (χ0n) is 15.3. The van der Waals surface area contributed by atoms with E-state index in [1.54, 1.807) is 0 Å². The van der Waals surface area contributed by atoms with Crippen LogP contribution in [-0.2, 0) is 4.74 Å². The van der Waals surface area contributed by atoms with Gasteiger partial charge in [-0.3, -0.25) is 0 Å². The highest BCUT2D eigenvalue weighted by Crippen LogP contribution is 2.46. The first-order valence-electron chi connectivity index (χ1n) is 9.71. The maximum atomic E-state index is 12.3. The summed E-state index contributed by atoms with van der Waals surface area (Å²) in [6.07, 6.45) is 4.79. The maximum absolute atomic E-state index is 12.3. The highest BCUT2D eigenvalue weighted by atomic mass is 32.1. The predicted octanol–water partition coefficient (Wildman–Crippen LogP) is 5.97. The molecule has 1 heterocycles. The van der Waals surface area contributed by atoms with Gasteiger partial charge in [-0.25, -0.2) is 9.78 Å². The molecule has 5 heteroatoms. The van der Waals surface area contributed by atoms with Gasteiger partial charge in [0.15, 0.2) is 5.13 Å². The van der Waals surface area contributed by atoms with Crippen LogP contribution in [0.15, 0.2) is 36.4 Å². The molecule has 1 aromatic heterocycles. The van der Waals surface area contributed by atoms with E-state index in [0.29, 0.717) is 23.3 Å². The number of hydrogen-bond donors (Lipinski definition) is 1. The molecule has 0 saturated heterocycles. The number of fused-ring (bicyclic) bond motifs is 1. The minimum atomic E-state index is -0.251. The van der Waals surface area contributed by atoms with Gasteiger partial charge in [-0.1, -0.05) is 41.7 Å². The van der Waals surface area contributed by atoms with Crippen LogP contribution in [0.3, 0.4) is 0 Å². The van der Waals surface area contributed by atoms with E-state index in [2.05, 4.69) is 41.7 Å². The Morgan fingerprint density at radius 3 is 2.56 bits per heavy atom. The zero-order valence-corrected chi connectivity index (χ0v) is 16.1. The molecule has 0 spiro atoms. The number of aromatic nitrogens is 1. The Labute approximate surface area is 162 Å². The first-order valence-corrected chi connectivity index (χ1v) is 10.5. The number of esters is 1. The molecular weight excluding hydrogens is 356 g/mol. The summed E-state index contributed by atoms with van der Waals surface area (Å²) in [5.74, 6) is 0.866. The molecule has 3 aromatic rings. The van der Waals surface area contributed by atoms with E-state index in [1.807, 2.05) is 6.92 Å². The molecule has 0 radical (unpaired) electrons. The van der Waals surface area contributed by atoms with Crippen LogP contribution in [0.5, 0.6) is 0 Å². The van der Waals surface area contributed by atoms with Gasteiger partial charge >= 0.3 is 5.97 Å². The Balaban J connectivity index is 1.51. The normalized spacial score (nSPS) is 16.5. The van der Waals surface area contributed by atoms with Crippen LogP contribution in [-0.4, -0.2) is 17.6 Å². The van der Waals surface area contributed by atoms with Gasteiger partial charge < -0.3 is 10.1 Å². The standard InChI is InChI=1S/C22H22N2O2S/c1-2-26-21(25)20-19(14-9-10-14)24-22(27-20)23-18-12-11-15(13-7-8-13)16-5-3-4-6-17(16)18/h3-6,11-14H,2,7-10H2,1H3,(H,23,24). The van der Waals surface area contributed by atoms with Gasteiger partial charge in [0.25, 0.3) is 0 Å². The van der Waals surface area contributed by atoms with Gasteiger partial charge in [0.2, 0.25) is 0 Å². The zero-order chi connectivity index (χ0) is 18.4. The van der Waals surface area contributed by atoms with Crippen molar-refractivity contribution >= 4 is 38.9 Å². The van der Waals surface area contributed by atoms with Crippen LogP contribution in [0.4, 0.5) is 10.8 Å². The van der Waals surface area contributed by atoms with Crippen LogP contribution in [0.2, 0.25) is 0 Å². The first kappa shape index (κ1) is 16.8. The number of thiazole rings is 1. The summed E-state index contributed by atoms with van der Waals surface area (Å²) >= 11 is 1.41. The van der Waals surface area contributed by atoms with Crippen molar-refractivity contribution in [3.05, 3.63) is 52.5 Å². The van der Waals surface area contributed by atoms with Crippen LogP contribution < -0.4 is 5.32 Å². The van der Waals surface area contributed by atoms with Gasteiger partial charge in [0.1, 0.15) is 4.88 Å². The van der Waals surface area contributed by atoms with Gasteiger partial charge in [-0.15, -0.1) is 0 Å². The molecule has 2 aliphatic carbocycles. The molecule has 4 nitrogen and oxygen atoms in total. The van der Waals surface area contributed by atoms with Crippen LogP contribution in [0.1, 0.15) is 65.4 Å². The fourth-order valence-corrected chi connectivity index (χ4v) is 4.62. The molecule has 0 atom stereocenters. The topological polar surface area (TPSA) is 51.2 Å². The highest BCUT2D eigenvalue weighted by Gasteiger charge is 2.33. The minimum Gasteiger partial charge on any atom is -0.462 e. The van der Waals surface area contributed by atoms with Crippen molar-refractivity contribution in [2.24, 2.45) is 0 Å². The first-order chi connectivity index (χ1) is 13.2. The number of nitrogens with one attached hydrogen (secondary N) is 1. The largest absolute Gasteiger partial charge is 0.462 e. The summed E-state index contributed by atoms with van der Waals surface area (Å²) in [4.78, 5) is 17.7. The van der Waals surface area contributed by atoms with Crippen LogP contribution in [0.25, 0.3) is 10.8 Å². The molecule has 138 valence electrons. The van der Waals surface area contributed by atoms with Gasteiger partial charge in [-0.05, 0) is 55.5 Å². The number of anilines is 2. The van der Waals surface area contributed by atoms with E-state index in [-0.39, 0.29) is 5.97 Å². The molecular formula is C22H22N2O2S. The number of ether oxygens (including phenoxy) is 1. The van der Waals surface area contributed by atoms with E-state index in [4.69, 9.17) is 9.72 Å². The van der Waals surface area contributed by atoms with Crippen molar-refractivity contribution in [2.45, 2.75) is 44.4 Å².